The number of nitrogens with zero attached hydrogens (tertiary/aromatic N) is 1. The molecule has 1 aromatic carbocycles. The van der Waals surface area contributed by atoms with Crippen LogP contribution in [0.1, 0.15) is 31.4 Å². The lowest BCUT2D eigenvalue weighted by Gasteiger charge is -2.22. The van der Waals surface area contributed by atoms with Gasteiger partial charge in [-0.2, -0.15) is 0 Å². The Hall–Kier alpha value is -1.06. The van der Waals surface area contributed by atoms with Gasteiger partial charge in [0.2, 0.25) is 0 Å². The van der Waals surface area contributed by atoms with Gasteiger partial charge in [0, 0.05) is 19.1 Å². The molecule has 2 rings (SSSR count). The highest BCUT2D eigenvalue weighted by molar-refractivity contribution is 5.35. The molecular weight excluding hydrogens is 236 g/mol. The first kappa shape index (κ1) is 14.4. The van der Waals surface area contributed by atoms with Crippen LogP contribution < -0.4 is 10.5 Å². The molecular formula is C16H26N2O. The van der Waals surface area contributed by atoms with Crippen LogP contribution in [0.15, 0.2) is 18.2 Å². The van der Waals surface area contributed by atoms with Crippen LogP contribution in [0.2, 0.25) is 0 Å². The molecule has 0 spiro atoms. The van der Waals surface area contributed by atoms with E-state index in [1.165, 1.54) is 17.5 Å². The summed E-state index contributed by atoms with van der Waals surface area (Å²) >= 11 is 0. The van der Waals surface area contributed by atoms with Crippen molar-refractivity contribution in [2.45, 2.75) is 39.3 Å². The number of hydrogen-bond donors (Lipinski definition) is 1. The Morgan fingerprint density at radius 3 is 2.74 bits per heavy atom. The summed E-state index contributed by atoms with van der Waals surface area (Å²) in [4.78, 5) is 2.55. The van der Waals surface area contributed by atoms with Crippen LogP contribution in [0.4, 0.5) is 0 Å². The van der Waals surface area contributed by atoms with Gasteiger partial charge in [0.1, 0.15) is 5.75 Å². The van der Waals surface area contributed by atoms with Gasteiger partial charge < -0.3 is 10.5 Å². The summed E-state index contributed by atoms with van der Waals surface area (Å²) in [6.07, 6.45) is 2.28. The second kappa shape index (κ2) is 6.40. The molecule has 1 saturated heterocycles. The first-order chi connectivity index (χ1) is 9.17. The van der Waals surface area contributed by atoms with Gasteiger partial charge in [0.15, 0.2) is 0 Å². The van der Waals surface area contributed by atoms with E-state index in [0.717, 1.165) is 31.8 Å². The predicted molar refractivity (Wildman–Crippen MR) is 79.4 cm³/mol. The lowest BCUT2D eigenvalue weighted by molar-refractivity contribution is 0.255. The first-order valence-electron chi connectivity index (χ1n) is 7.27. The standard InChI is InChI=1S/C16H26N2O/c1-4-14-8-16(19-3)6-5-15(14)11-18-10-13(9-17)7-12(18)2/h5-6,8,12-13H,4,7,9-11,17H2,1-3H3. The maximum Gasteiger partial charge on any atom is 0.119 e. The zero-order valence-corrected chi connectivity index (χ0v) is 12.4. The molecule has 1 aliphatic heterocycles. The number of benzene rings is 1. The van der Waals surface area contributed by atoms with Gasteiger partial charge in [0.25, 0.3) is 0 Å². The Morgan fingerprint density at radius 2 is 2.16 bits per heavy atom. The molecule has 3 heteroatoms. The number of likely N-dealkylation sites (tertiary alicyclic amines) is 1. The van der Waals surface area contributed by atoms with Crippen LogP contribution in [0.5, 0.6) is 5.75 Å². The van der Waals surface area contributed by atoms with E-state index in [1.807, 2.05) is 0 Å². The minimum atomic E-state index is 0.639. The van der Waals surface area contributed by atoms with Gasteiger partial charge >= 0.3 is 0 Å². The molecule has 1 aromatic rings. The van der Waals surface area contributed by atoms with E-state index < -0.39 is 0 Å². The van der Waals surface area contributed by atoms with Crippen molar-refractivity contribution >= 4 is 0 Å². The first-order valence-corrected chi connectivity index (χ1v) is 7.27. The highest BCUT2D eigenvalue weighted by Crippen LogP contribution is 2.26. The van der Waals surface area contributed by atoms with Crippen LogP contribution >= 0.6 is 0 Å². The third kappa shape index (κ3) is 3.28. The average Bonchev–Trinajstić information content (AvgIpc) is 2.80. The smallest absolute Gasteiger partial charge is 0.119 e. The number of aryl methyl sites for hydroxylation is 1. The van der Waals surface area contributed by atoms with Crippen LogP contribution in [0, 0.1) is 5.92 Å². The molecule has 19 heavy (non-hydrogen) atoms. The van der Waals surface area contributed by atoms with E-state index in [9.17, 15) is 0 Å². The molecule has 1 heterocycles. The highest BCUT2D eigenvalue weighted by atomic mass is 16.5. The molecule has 0 saturated carbocycles. The quantitative estimate of drug-likeness (QED) is 0.885. The maximum atomic E-state index is 5.80. The van der Waals surface area contributed by atoms with E-state index in [0.29, 0.717) is 12.0 Å². The van der Waals surface area contributed by atoms with Gasteiger partial charge in [-0.3, -0.25) is 4.90 Å². The van der Waals surface area contributed by atoms with Crippen molar-refractivity contribution in [3.05, 3.63) is 29.3 Å². The lowest BCUT2D eigenvalue weighted by Crippen LogP contribution is -2.27. The predicted octanol–water partition coefficient (Wildman–Crippen LogP) is 2.43. The molecule has 2 N–H and O–H groups in total. The highest BCUT2D eigenvalue weighted by Gasteiger charge is 2.28. The van der Waals surface area contributed by atoms with Gasteiger partial charge in [-0.15, -0.1) is 0 Å². The Balaban J connectivity index is 2.10. The zero-order valence-electron chi connectivity index (χ0n) is 12.4. The third-order valence-corrected chi connectivity index (χ3v) is 4.29. The van der Waals surface area contributed by atoms with E-state index in [4.69, 9.17) is 10.5 Å². The van der Waals surface area contributed by atoms with Gasteiger partial charge in [-0.05, 0) is 55.5 Å². The summed E-state index contributed by atoms with van der Waals surface area (Å²) in [6, 6.07) is 7.08. The van der Waals surface area contributed by atoms with E-state index in [2.05, 4.69) is 36.9 Å². The van der Waals surface area contributed by atoms with E-state index in [1.54, 1.807) is 7.11 Å². The normalized spacial score (nSPS) is 23.8. The Labute approximate surface area is 116 Å². The molecule has 0 amide bonds. The monoisotopic (exact) mass is 262 g/mol. The summed E-state index contributed by atoms with van der Waals surface area (Å²) in [7, 11) is 1.73. The molecule has 0 bridgehead atoms. The second-order valence-corrected chi connectivity index (χ2v) is 5.60. The van der Waals surface area contributed by atoms with Crippen molar-refractivity contribution < 1.29 is 4.74 Å². The van der Waals surface area contributed by atoms with Crippen LogP contribution in [0.3, 0.4) is 0 Å². The summed E-state index contributed by atoms with van der Waals surface area (Å²) in [5, 5.41) is 0. The van der Waals surface area contributed by atoms with Crippen LogP contribution in [-0.4, -0.2) is 31.1 Å². The Morgan fingerprint density at radius 1 is 1.37 bits per heavy atom. The average molecular weight is 262 g/mol. The Bertz CT molecular complexity index is 419. The van der Waals surface area contributed by atoms with Crippen molar-refractivity contribution in [3.8, 4) is 5.75 Å². The summed E-state index contributed by atoms with van der Waals surface area (Å²) in [6.45, 7) is 7.49. The van der Waals surface area contributed by atoms with Crippen LogP contribution in [0.25, 0.3) is 0 Å². The molecule has 0 aromatic heterocycles. The SMILES string of the molecule is CCc1cc(OC)ccc1CN1CC(CN)CC1C. The number of nitrogens with two attached hydrogens (primary N) is 1. The van der Waals surface area contributed by atoms with Gasteiger partial charge in [-0.1, -0.05) is 13.0 Å². The molecule has 0 radical (unpaired) electrons. The van der Waals surface area contributed by atoms with Gasteiger partial charge in [0.05, 0.1) is 7.11 Å². The van der Waals surface area contributed by atoms with Crippen LogP contribution in [-0.2, 0) is 13.0 Å². The molecule has 1 aliphatic rings. The van der Waals surface area contributed by atoms with Crippen molar-refractivity contribution in [3.63, 3.8) is 0 Å². The largest absolute Gasteiger partial charge is 0.497 e. The molecule has 2 atom stereocenters. The zero-order chi connectivity index (χ0) is 13.8. The number of ether oxygens (including phenoxy) is 1. The molecule has 0 aliphatic carbocycles. The number of methoxy groups -OCH3 is 1. The lowest BCUT2D eigenvalue weighted by atomic mass is 10.0. The molecule has 1 fully saturated rings. The van der Waals surface area contributed by atoms with Crippen molar-refractivity contribution in [1.82, 2.24) is 4.90 Å². The van der Waals surface area contributed by atoms with E-state index >= 15 is 0 Å². The Kier molecular flexibility index (Phi) is 4.83. The number of rotatable bonds is 5. The summed E-state index contributed by atoms with van der Waals surface area (Å²) in [5.41, 5.74) is 8.62. The molecule has 106 valence electrons. The topological polar surface area (TPSA) is 38.5 Å². The summed E-state index contributed by atoms with van der Waals surface area (Å²) in [5.74, 6) is 1.62. The number of hydrogen-bond acceptors (Lipinski definition) is 3. The van der Waals surface area contributed by atoms with Crippen molar-refractivity contribution in [2.75, 3.05) is 20.2 Å². The van der Waals surface area contributed by atoms with Crippen molar-refractivity contribution in [1.29, 1.82) is 0 Å². The van der Waals surface area contributed by atoms with Crippen molar-refractivity contribution in [2.24, 2.45) is 11.7 Å². The molecule has 2 unspecified atom stereocenters. The third-order valence-electron chi connectivity index (χ3n) is 4.29. The van der Waals surface area contributed by atoms with Gasteiger partial charge in [-0.25, -0.2) is 0 Å². The fourth-order valence-electron chi connectivity index (χ4n) is 3.04. The second-order valence-electron chi connectivity index (χ2n) is 5.60. The fraction of sp³-hybridized carbons (Fsp3) is 0.625. The molecule has 3 nitrogen and oxygen atoms in total. The van der Waals surface area contributed by atoms with E-state index in [-0.39, 0.29) is 0 Å². The summed E-state index contributed by atoms with van der Waals surface area (Å²) < 4.78 is 5.31. The minimum absolute atomic E-state index is 0.639. The maximum absolute atomic E-state index is 5.80. The minimum Gasteiger partial charge on any atom is -0.497 e. The fourth-order valence-corrected chi connectivity index (χ4v) is 3.04.